The number of nitrogens with two attached hydrogens (primary N) is 1. The molecule has 2 rings (SSSR count). The summed E-state index contributed by atoms with van der Waals surface area (Å²) in [4.78, 5) is 4.34. The highest BCUT2D eigenvalue weighted by Crippen LogP contribution is 2.16. The van der Waals surface area contributed by atoms with Gasteiger partial charge >= 0.3 is 0 Å². The molecule has 88 valence electrons. The molecule has 2 aromatic rings. The normalized spacial score (nSPS) is 12.4. The van der Waals surface area contributed by atoms with Crippen LogP contribution in [0, 0.1) is 0 Å². The standard InChI is InChI=1S/C11H16N4.ClH/c1-3-4-15-11-7-13-10(8(2)12)5-9(11)6-14-15;/h5-8H,3-4,12H2,1-2H3;1H. The van der Waals surface area contributed by atoms with E-state index in [1.165, 1.54) is 0 Å². The molecule has 0 fully saturated rings. The van der Waals surface area contributed by atoms with E-state index in [-0.39, 0.29) is 18.4 Å². The summed E-state index contributed by atoms with van der Waals surface area (Å²) in [6.45, 7) is 5.00. The van der Waals surface area contributed by atoms with E-state index in [1.807, 2.05) is 30.1 Å². The van der Waals surface area contributed by atoms with Crippen molar-refractivity contribution in [3.63, 3.8) is 0 Å². The van der Waals surface area contributed by atoms with Crippen molar-refractivity contribution in [2.24, 2.45) is 5.73 Å². The SMILES string of the molecule is CCCn1ncc2cc(C(C)N)ncc21.Cl. The summed E-state index contributed by atoms with van der Waals surface area (Å²) in [5.74, 6) is 0. The molecule has 0 saturated heterocycles. The van der Waals surface area contributed by atoms with Gasteiger partial charge in [-0.3, -0.25) is 9.67 Å². The Morgan fingerprint density at radius 2 is 2.19 bits per heavy atom. The molecule has 0 amide bonds. The number of nitrogens with zero attached hydrogens (tertiary/aromatic N) is 3. The van der Waals surface area contributed by atoms with Crippen LogP contribution in [0.5, 0.6) is 0 Å². The topological polar surface area (TPSA) is 56.7 Å². The molecule has 2 N–H and O–H groups in total. The third-order valence-electron chi connectivity index (χ3n) is 2.45. The van der Waals surface area contributed by atoms with Crippen molar-refractivity contribution in [2.75, 3.05) is 0 Å². The first-order valence-corrected chi connectivity index (χ1v) is 5.29. The Morgan fingerprint density at radius 3 is 2.81 bits per heavy atom. The highest BCUT2D eigenvalue weighted by molar-refractivity contribution is 5.85. The van der Waals surface area contributed by atoms with Gasteiger partial charge in [0, 0.05) is 18.0 Å². The van der Waals surface area contributed by atoms with Crippen molar-refractivity contribution in [3.05, 3.63) is 24.2 Å². The molecule has 0 aliphatic heterocycles. The van der Waals surface area contributed by atoms with Crippen molar-refractivity contribution in [2.45, 2.75) is 32.9 Å². The van der Waals surface area contributed by atoms with E-state index < -0.39 is 0 Å². The number of pyridine rings is 1. The Balaban J connectivity index is 0.00000128. The molecule has 2 heterocycles. The van der Waals surface area contributed by atoms with E-state index in [0.717, 1.165) is 29.6 Å². The molecule has 0 saturated carbocycles. The van der Waals surface area contributed by atoms with Gasteiger partial charge in [-0.25, -0.2) is 0 Å². The molecular weight excluding hydrogens is 224 g/mol. The van der Waals surface area contributed by atoms with Crippen LogP contribution >= 0.6 is 12.4 Å². The summed E-state index contributed by atoms with van der Waals surface area (Å²) in [7, 11) is 0. The van der Waals surface area contributed by atoms with Gasteiger partial charge in [-0.15, -0.1) is 12.4 Å². The summed E-state index contributed by atoms with van der Waals surface area (Å²) in [6, 6.07) is 1.99. The van der Waals surface area contributed by atoms with E-state index in [9.17, 15) is 0 Å². The monoisotopic (exact) mass is 240 g/mol. The molecule has 0 aliphatic carbocycles. The fourth-order valence-electron chi connectivity index (χ4n) is 1.63. The number of rotatable bonds is 3. The second kappa shape index (κ2) is 5.27. The minimum atomic E-state index is -0.0241. The summed E-state index contributed by atoms with van der Waals surface area (Å²) in [6.07, 6.45) is 4.81. The third-order valence-corrected chi connectivity index (χ3v) is 2.45. The number of hydrogen-bond acceptors (Lipinski definition) is 3. The minimum Gasteiger partial charge on any atom is -0.323 e. The summed E-state index contributed by atoms with van der Waals surface area (Å²) >= 11 is 0. The molecule has 4 nitrogen and oxygen atoms in total. The van der Waals surface area contributed by atoms with Crippen LogP contribution in [0.3, 0.4) is 0 Å². The van der Waals surface area contributed by atoms with Gasteiger partial charge in [0.05, 0.1) is 23.6 Å². The lowest BCUT2D eigenvalue weighted by atomic mass is 10.2. The van der Waals surface area contributed by atoms with Crippen LogP contribution in [-0.2, 0) is 6.54 Å². The van der Waals surface area contributed by atoms with E-state index in [4.69, 9.17) is 5.73 Å². The Labute approximate surface area is 101 Å². The van der Waals surface area contributed by atoms with E-state index >= 15 is 0 Å². The Morgan fingerprint density at radius 1 is 1.44 bits per heavy atom. The molecule has 0 bridgehead atoms. The third kappa shape index (κ3) is 2.33. The van der Waals surface area contributed by atoms with Gasteiger partial charge in [0.15, 0.2) is 0 Å². The maximum absolute atomic E-state index is 5.78. The van der Waals surface area contributed by atoms with Crippen LogP contribution in [0.15, 0.2) is 18.5 Å². The van der Waals surface area contributed by atoms with E-state index in [0.29, 0.717) is 0 Å². The smallest absolute Gasteiger partial charge is 0.0865 e. The largest absolute Gasteiger partial charge is 0.323 e. The van der Waals surface area contributed by atoms with Crippen LogP contribution < -0.4 is 5.73 Å². The van der Waals surface area contributed by atoms with Crippen LogP contribution in [0.25, 0.3) is 10.9 Å². The Hall–Kier alpha value is -1.13. The molecule has 16 heavy (non-hydrogen) atoms. The van der Waals surface area contributed by atoms with Gasteiger partial charge in [-0.2, -0.15) is 5.10 Å². The molecule has 5 heteroatoms. The second-order valence-corrected chi connectivity index (χ2v) is 3.82. The van der Waals surface area contributed by atoms with Gasteiger partial charge < -0.3 is 5.73 Å². The van der Waals surface area contributed by atoms with Gasteiger partial charge in [-0.05, 0) is 19.4 Å². The second-order valence-electron chi connectivity index (χ2n) is 3.82. The molecule has 0 aromatic carbocycles. The van der Waals surface area contributed by atoms with Crippen LogP contribution in [-0.4, -0.2) is 14.8 Å². The fourth-order valence-corrected chi connectivity index (χ4v) is 1.63. The van der Waals surface area contributed by atoms with Crippen molar-refractivity contribution in [1.82, 2.24) is 14.8 Å². The lowest BCUT2D eigenvalue weighted by molar-refractivity contribution is 0.621. The van der Waals surface area contributed by atoms with Crippen molar-refractivity contribution in [1.29, 1.82) is 0 Å². The molecular formula is C11H17ClN4. The summed E-state index contributed by atoms with van der Waals surface area (Å²) in [5.41, 5.74) is 7.78. The van der Waals surface area contributed by atoms with E-state index in [2.05, 4.69) is 17.0 Å². The first-order chi connectivity index (χ1) is 7.22. The predicted molar refractivity (Wildman–Crippen MR) is 67.7 cm³/mol. The van der Waals surface area contributed by atoms with Crippen molar-refractivity contribution < 1.29 is 0 Å². The lowest BCUT2D eigenvalue weighted by Crippen LogP contribution is -2.07. The molecule has 0 aliphatic rings. The van der Waals surface area contributed by atoms with Crippen LogP contribution in [0.4, 0.5) is 0 Å². The Bertz CT molecular complexity index is 464. The number of aryl methyl sites for hydroxylation is 1. The van der Waals surface area contributed by atoms with Gasteiger partial charge in [0.1, 0.15) is 0 Å². The molecule has 2 aromatic heterocycles. The van der Waals surface area contributed by atoms with Crippen LogP contribution in [0.2, 0.25) is 0 Å². The summed E-state index contributed by atoms with van der Waals surface area (Å²) in [5, 5.41) is 5.44. The zero-order chi connectivity index (χ0) is 10.8. The highest BCUT2D eigenvalue weighted by atomic mass is 35.5. The quantitative estimate of drug-likeness (QED) is 0.896. The average molecular weight is 241 g/mol. The van der Waals surface area contributed by atoms with Crippen LogP contribution in [0.1, 0.15) is 32.0 Å². The van der Waals surface area contributed by atoms with Gasteiger partial charge in [0.2, 0.25) is 0 Å². The maximum Gasteiger partial charge on any atom is 0.0865 e. The fraction of sp³-hybridized carbons (Fsp3) is 0.455. The number of hydrogen-bond donors (Lipinski definition) is 1. The van der Waals surface area contributed by atoms with Crippen molar-refractivity contribution >= 4 is 23.3 Å². The predicted octanol–water partition coefficient (Wildman–Crippen LogP) is 2.28. The molecule has 1 unspecified atom stereocenters. The summed E-state index contributed by atoms with van der Waals surface area (Å²) < 4.78 is 1.98. The molecule has 0 radical (unpaired) electrons. The zero-order valence-electron chi connectivity index (χ0n) is 9.55. The van der Waals surface area contributed by atoms with Gasteiger partial charge in [0.25, 0.3) is 0 Å². The van der Waals surface area contributed by atoms with Crippen molar-refractivity contribution in [3.8, 4) is 0 Å². The Kier molecular flexibility index (Phi) is 4.26. The first kappa shape index (κ1) is 12.9. The number of halogens is 1. The molecule has 0 spiro atoms. The first-order valence-electron chi connectivity index (χ1n) is 5.29. The average Bonchev–Trinajstić information content (AvgIpc) is 2.61. The number of fused-ring (bicyclic) bond motifs is 1. The minimum absolute atomic E-state index is 0. The zero-order valence-corrected chi connectivity index (χ0v) is 10.4. The van der Waals surface area contributed by atoms with Gasteiger partial charge in [-0.1, -0.05) is 6.92 Å². The molecule has 1 atom stereocenters. The lowest BCUT2D eigenvalue weighted by Gasteiger charge is -2.04. The van der Waals surface area contributed by atoms with E-state index in [1.54, 1.807) is 0 Å². The highest BCUT2D eigenvalue weighted by Gasteiger charge is 2.06. The maximum atomic E-state index is 5.78. The number of aromatic nitrogens is 3.